The number of nitrogens with zero attached hydrogens (tertiary/aromatic N) is 3. The number of urea groups is 1. The van der Waals surface area contributed by atoms with Crippen molar-refractivity contribution in [2.24, 2.45) is 13.0 Å². The van der Waals surface area contributed by atoms with Gasteiger partial charge in [-0.15, -0.1) is 0 Å². The molecule has 5 heteroatoms. The third-order valence-electron chi connectivity index (χ3n) is 3.83. The number of rotatable bonds is 3. The Morgan fingerprint density at radius 1 is 1.45 bits per heavy atom. The van der Waals surface area contributed by atoms with Crippen molar-refractivity contribution >= 4 is 11.8 Å². The SMILES string of the molecule is CC(C)CC1CCCCCN1C(=O)Nc1ccn(C)n1. The summed E-state index contributed by atoms with van der Waals surface area (Å²) in [6.07, 6.45) is 7.59. The first-order chi connectivity index (χ1) is 9.56. The molecule has 1 N–H and O–H groups in total. The molecule has 20 heavy (non-hydrogen) atoms. The van der Waals surface area contributed by atoms with Crippen molar-refractivity contribution in [3.05, 3.63) is 12.3 Å². The van der Waals surface area contributed by atoms with Gasteiger partial charge in [-0.3, -0.25) is 10.00 Å². The number of amides is 2. The molecular formula is C15H26N4O. The number of hydrogen-bond acceptors (Lipinski definition) is 2. The smallest absolute Gasteiger partial charge is 0.322 e. The van der Waals surface area contributed by atoms with Crippen LogP contribution in [0.5, 0.6) is 0 Å². The van der Waals surface area contributed by atoms with E-state index in [1.807, 2.05) is 24.2 Å². The Balaban J connectivity index is 2.03. The molecular weight excluding hydrogens is 252 g/mol. The van der Waals surface area contributed by atoms with Crippen LogP contribution in [0.1, 0.15) is 46.0 Å². The predicted molar refractivity (Wildman–Crippen MR) is 80.6 cm³/mol. The molecule has 1 aliphatic heterocycles. The van der Waals surface area contributed by atoms with Crippen LogP contribution in [-0.4, -0.2) is 33.3 Å². The zero-order valence-electron chi connectivity index (χ0n) is 12.8. The van der Waals surface area contributed by atoms with Gasteiger partial charge in [0.25, 0.3) is 0 Å². The van der Waals surface area contributed by atoms with Crippen LogP contribution >= 0.6 is 0 Å². The first kappa shape index (κ1) is 14.9. The molecule has 2 amide bonds. The maximum Gasteiger partial charge on any atom is 0.323 e. The molecule has 1 aliphatic rings. The number of anilines is 1. The molecule has 0 aliphatic carbocycles. The number of aryl methyl sites for hydroxylation is 1. The molecule has 2 heterocycles. The maximum atomic E-state index is 12.5. The Labute approximate surface area is 121 Å². The summed E-state index contributed by atoms with van der Waals surface area (Å²) in [4.78, 5) is 14.5. The number of likely N-dealkylation sites (tertiary alicyclic amines) is 1. The predicted octanol–water partition coefficient (Wildman–Crippen LogP) is 3.24. The summed E-state index contributed by atoms with van der Waals surface area (Å²) in [5.74, 6) is 1.24. The monoisotopic (exact) mass is 278 g/mol. The first-order valence-electron chi connectivity index (χ1n) is 7.63. The average Bonchev–Trinajstić information content (AvgIpc) is 2.64. The van der Waals surface area contributed by atoms with Crippen molar-refractivity contribution in [1.82, 2.24) is 14.7 Å². The highest BCUT2D eigenvalue weighted by Crippen LogP contribution is 2.23. The lowest BCUT2D eigenvalue weighted by molar-refractivity contribution is 0.178. The topological polar surface area (TPSA) is 50.2 Å². The fourth-order valence-corrected chi connectivity index (χ4v) is 2.90. The number of hydrogen-bond donors (Lipinski definition) is 1. The molecule has 112 valence electrons. The Morgan fingerprint density at radius 3 is 2.90 bits per heavy atom. The normalized spacial score (nSPS) is 20.0. The average molecular weight is 278 g/mol. The minimum Gasteiger partial charge on any atom is -0.322 e. The third kappa shape index (κ3) is 3.99. The van der Waals surface area contributed by atoms with E-state index >= 15 is 0 Å². The number of carbonyl (C=O) groups is 1. The highest BCUT2D eigenvalue weighted by molar-refractivity contribution is 5.88. The summed E-state index contributed by atoms with van der Waals surface area (Å²) >= 11 is 0. The van der Waals surface area contributed by atoms with Gasteiger partial charge in [0.05, 0.1) is 0 Å². The molecule has 5 nitrogen and oxygen atoms in total. The van der Waals surface area contributed by atoms with Crippen LogP contribution in [0.25, 0.3) is 0 Å². The van der Waals surface area contributed by atoms with Crippen LogP contribution in [0.15, 0.2) is 12.3 Å². The maximum absolute atomic E-state index is 12.5. The van der Waals surface area contributed by atoms with Crippen molar-refractivity contribution in [3.8, 4) is 0 Å². The molecule has 0 radical (unpaired) electrons. The molecule has 1 aromatic heterocycles. The second-order valence-corrected chi connectivity index (χ2v) is 6.13. The molecule has 2 rings (SSSR count). The van der Waals surface area contributed by atoms with E-state index < -0.39 is 0 Å². The molecule has 1 atom stereocenters. The molecule has 1 unspecified atom stereocenters. The summed E-state index contributed by atoms with van der Waals surface area (Å²) in [5, 5.41) is 7.13. The van der Waals surface area contributed by atoms with Gasteiger partial charge in [-0.2, -0.15) is 5.10 Å². The van der Waals surface area contributed by atoms with Crippen molar-refractivity contribution in [3.63, 3.8) is 0 Å². The van der Waals surface area contributed by atoms with Crippen LogP contribution in [0, 0.1) is 5.92 Å². The van der Waals surface area contributed by atoms with Crippen LogP contribution < -0.4 is 5.32 Å². The summed E-state index contributed by atoms with van der Waals surface area (Å²) < 4.78 is 1.70. The van der Waals surface area contributed by atoms with Crippen LogP contribution in [0.2, 0.25) is 0 Å². The lowest BCUT2D eigenvalue weighted by Crippen LogP contribution is -2.43. The highest BCUT2D eigenvalue weighted by atomic mass is 16.2. The summed E-state index contributed by atoms with van der Waals surface area (Å²) in [6, 6.07) is 2.19. The minimum absolute atomic E-state index is 0.00347. The van der Waals surface area contributed by atoms with Crippen LogP contribution in [-0.2, 0) is 7.05 Å². The molecule has 0 spiro atoms. The fraction of sp³-hybridized carbons (Fsp3) is 0.733. The van der Waals surface area contributed by atoms with Gasteiger partial charge in [-0.05, 0) is 25.2 Å². The van der Waals surface area contributed by atoms with Crippen molar-refractivity contribution < 1.29 is 4.79 Å². The van der Waals surface area contributed by atoms with E-state index in [4.69, 9.17) is 0 Å². The molecule has 0 saturated carbocycles. The molecule has 1 saturated heterocycles. The minimum atomic E-state index is -0.00347. The zero-order chi connectivity index (χ0) is 14.5. The Bertz CT molecular complexity index is 441. The number of nitrogens with one attached hydrogen (secondary N) is 1. The second-order valence-electron chi connectivity index (χ2n) is 6.13. The number of carbonyl (C=O) groups excluding carboxylic acids is 1. The largest absolute Gasteiger partial charge is 0.323 e. The second kappa shape index (κ2) is 6.77. The van der Waals surface area contributed by atoms with Gasteiger partial charge in [0.15, 0.2) is 5.82 Å². The molecule has 0 bridgehead atoms. The van der Waals surface area contributed by atoms with E-state index in [0.717, 1.165) is 25.8 Å². The van der Waals surface area contributed by atoms with E-state index in [2.05, 4.69) is 24.3 Å². The third-order valence-corrected chi connectivity index (χ3v) is 3.83. The summed E-state index contributed by atoms with van der Waals surface area (Å²) in [6.45, 7) is 5.30. The van der Waals surface area contributed by atoms with Crippen LogP contribution in [0.3, 0.4) is 0 Å². The van der Waals surface area contributed by atoms with E-state index in [0.29, 0.717) is 17.8 Å². The molecule has 1 aromatic rings. The van der Waals surface area contributed by atoms with E-state index in [-0.39, 0.29) is 6.03 Å². The summed E-state index contributed by atoms with van der Waals surface area (Å²) in [7, 11) is 1.85. The molecule has 1 fully saturated rings. The van der Waals surface area contributed by atoms with E-state index in [1.165, 1.54) is 12.8 Å². The standard InChI is InChI=1S/C15H26N4O/c1-12(2)11-13-7-5-4-6-9-19(13)15(20)16-14-8-10-18(3)17-14/h8,10,12-13H,4-7,9,11H2,1-3H3,(H,16,17,20). The highest BCUT2D eigenvalue weighted by Gasteiger charge is 2.26. The zero-order valence-corrected chi connectivity index (χ0v) is 12.8. The van der Waals surface area contributed by atoms with Gasteiger partial charge in [-0.1, -0.05) is 26.7 Å². The fourth-order valence-electron chi connectivity index (χ4n) is 2.90. The van der Waals surface area contributed by atoms with Gasteiger partial charge < -0.3 is 4.90 Å². The van der Waals surface area contributed by atoms with Gasteiger partial charge >= 0.3 is 6.03 Å². The molecule has 0 aromatic carbocycles. The number of aromatic nitrogens is 2. The Hall–Kier alpha value is -1.52. The lowest BCUT2D eigenvalue weighted by atomic mass is 9.99. The lowest BCUT2D eigenvalue weighted by Gasteiger charge is -2.31. The van der Waals surface area contributed by atoms with Crippen molar-refractivity contribution in [1.29, 1.82) is 0 Å². The Kier molecular flexibility index (Phi) is 5.04. The van der Waals surface area contributed by atoms with E-state index in [1.54, 1.807) is 4.68 Å². The van der Waals surface area contributed by atoms with E-state index in [9.17, 15) is 4.79 Å². The van der Waals surface area contributed by atoms with Crippen molar-refractivity contribution in [2.45, 2.75) is 52.0 Å². The van der Waals surface area contributed by atoms with Crippen LogP contribution in [0.4, 0.5) is 10.6 Å². The van der Waals surface area contributed by atoms with Gasteiger partial charge in [0.2, 0.25) is 0 Å². The van der Waals surface area contributed by atoms with Gasteiger partial charge in [-0.25, -0.2) is 4.79 Å². The first-order valence-corrected chi connectivity index (χ1v) is 7.63. The van der Waals surface area contributed by atoms with Crippen molar-refractivity contribution in [2.75, 3.05) is 11.9 Å². The summed E-state index contributed by atoms with van der Waals surface area (Å²) in [5.41, 5.74) is 0. The Morgan fingerprint density at radius 2 is 2.25 bits per heavy atom. The van der Waals surface area contributed by atoms with Gasteiger partial charge in [0, 0.05) is 31.9 Å². The van der Waals surface area contributed by atoms with Gasteiger partial charge in [0.1, 0.15) is 0 Å². The quantitative estimate of drug-likeness (QED) is 0.922.